The Kier molecular flexibility index (Phi) is 8.81. The van der Waals surface area contributed by atoms with Crippen LogP contribution in [0.3, 0.4) is 0 Å². The van der Waals surface area contributed by atoms with Crippen molar-refractivity contribution < 1.29 is 21.0 Å². The highest BCUT2D eigenvalue weighted by Crippen LogP contribution is 2.26. The lowest BCUT2D eigenvalue weighted by molar-refractivity contribution is 0.192. The third kappa shape index (κ3) is 6.41. The monoisotopic (exact) mass is 504 g/mol. The molecule has 1 heterocycles. The molecule has 0 aliphatic heterocycles. The molecule has 7 nitrogen and oxygen atoms in total. The molecule has 1 atom stereocenters. The average Bonchev–Trinajstić information content (AvgIpc) is 2.80. The summed E-state index contributed by atoms with van der Waals surface area (Å²) in [5.41, 5.74) is 0.932. The summed E-state index contributed by atoms with van der Waals surface area (Å²) in [7, 11) is -7.93. The largest absolute Gasteiger partial charge is 0.297 e. The van der Waals surface area contributed by atoms with Crippen LogP contribution in [0.2, 0.25) is 0 Å². The van der Waals surface area contributed by atoms with Crippen molar-refractivity contribution in [2.75, 3.05) is 13.1 Å². The zero-order chi connectivity index (χ0) is 24.8. The summed E-state index contributed by atoms with van der Waals surface area (Å²) < 4.78 is 59.6. The van der Waals surface area contributed by atoms with Gasteiger partial charge in [0.25, 0.3) is 10.1 Å². The van der Waals surface area contributed by atoms with Crippen molar-refractivity contribution in [1.82, 2.24) is 9.29 Å². The van der Waals surface area contributed by atoms with Crippen LogP contribution in [0.4, 0.5) is 0 Å². The van der Waals surface area contributed by atoms with Crippen LogP contribution in [0.25, 0.3) is 10.8 Å². The van der Waals surface area contributed by atoms with Crippen molar-refractivity contribution in [3.05, 3.63) is 66.5 Å². The Labute approximate surface area is 203 Å². The number of fused-ring (bicyclic) bond motifs is 1. The molecule has 0 aliphatic carbocycles. The lowest BCUT2D eigenvalue weighted by atomic mass is 10.2. The first-order valence-electron chi connectivity index (χ1n) is 11.5. The Morgan fingerprint density at radius 3 is 2.41 bits per heavy atom. The van der Waals surface area contributed by atoms with Crippen molar-refractivity contribution in [2.45, 2.75) is 62.3 Å². The first kappa shape index (κ1) is 26.3. The molecule has 3 aromatic rings. The predicted molar refractivity (Wildman–Crippen MR) is 134 cm³/mol. The SMILES string of the molecule is CCCCCCN(CC(C)OS(=O)(=O)c1ccc(C)cc1)S(=O)(=O)c1cccc2cnccc12. The van der Waals surface area contributed by atoms with Crippen LogP contribution in [0.15, 0.2) is 70.7 Å². The van der Waals surface area contributed by atoms with Gasteiger partial charge in [-0.25, -0.2) is 8.42 Å². The minimum Gasteiger partial charge on any atom is -0.264 e. The Balaban J connectivity index is 1.87. The second-order valence-corrected chi connectivity index (χ2v) is 11.9. The zero-order valence-corrected chi connectivity index (χ0v) is 21.5. The van der Waals surface area contributed by atoms with Crippen LogP contribution in [0.5, 0.6) is 0 Å². The second kappa shape index (κ2) is 11.4. The normalized spacial score (nSPS) is 13.4. The fraction of sp³-hybridized carbons (Fsp3) is 0.400. The molecule has 0 saturated heterocycles. The van der Waals surface area contributed by atoms with E-state index in [0.29, 0.717) is 11.8 Å². The molecular weight excluding hydrogens is 472 g/mol. The molecule has 184 valence electrons. The zero-order valence-electron chi connectivity index (χ0n) is 19.8. The number of rotatable bonds is 12. The Bertz CT molecular complexity index is 1300. The van der Waals surface area contributed by atoms with Crippen molar-refractivity contribution in [2.24, 2.45) is 0 Å². The van der Waals surface area contributed by atoms with E-state index in [2.05, 4.69) is 11.9 Å². The van der Waals surface area contributed by atoms with Gasteiger partial charge in [-0.1, -0.05) is 56.0 Å². The van der Waals surface area contributed by atoms with Gasteiger partial charge in [0.15, 0.2) is 0 Å². The number of hydrogen-bond donors (Lipinski definition) is 0. The summed E-state index contributed by atoms with van der Waals surface area (Å²) in [4.78, 5) is 4.30. The average molecular weight is 505 g/mol. The van der Waals surface area contributed by atoms with Crippen LogP contribution in [0, 0.1) is 6.92 Å². The number of hydrogen-bond acceptors (Lipinski definition) is 6. The molecule has 3 rings (SSSR count). The summed E-state index contributed by atoms with van der Waals surface area (Å²) in [6.45, 7) is 5.73. The lowest BCUT2D eigenvalue weighted by Crippen LogP contribution is -2.39. The fourth-order valence-corrected chi connectivity index (χ4v) is 6.62. The number of pyridine rings is 1. The third-order valence-corrected chi connectivity index (χ3v) is 8.94. The molecule has 9 heteroatoms. The Morgan fingerprint density at radius 1 is 0.971 bits per heavy atom. The van der Waals surface area contributed by atoms with Crippen LogP contribution in [0.1, 0.15) is 45.1 Å². The van der Waals surface area contributed by atoms with Crippen molar-refractivity contribution >= 4 is 30.9 Å². The number of sulfonamides is 1. The minimum atomic E-state index is -4.03. The van der Waals surface area contributed by atoms with Gasteiger partial charge >= 0.3 is 0 Å². The number of nitrogens with zero attached hydrogens (tertiary/aromatic N) is 2. The van der Waals surface area contributed by atoms with Gasteiger partial charge in [-0.05, 0) is 44.5 Å². The number of unbranched alkanes of at least 4 members (excludes halogenated alkanes) is 3. The maximum Gasteiger partial charge on any atom is 0.297 e. The summed E-state index contributed by atoms with van der Waals surface area (Å²) in [6.07, 6.45) is 5.91. The summed E-state index contributed by atoms with van der Waals surface area (Å²) >= 11 is 0. The van der Waals surface area contributed by atoms with E-state index in [1.807, 2.05) is 13.0 Å². The molecule has 0 bridgehead atoms. The van der Waals surface area contributed by atoms with Gasteiger partial charge in [-0.15, -0.1) is 0 Å². The second-order valence-electron chi connectivity index (χ2n) is 8.45. The van der Waals surface area contributed by atoms with Gasteiger partial charge in [-0.3, -0.25) is 9.17 Å². The number of aryl methyl sites for hydroxylation is 1. The van der Waals surface area contributed by atoms with Crippen molar-refractivity contribution in [3.63, 3.8) is 0 Å². The van der Waals surface area contributed by atoms with Gasteiger partial charge in [0.1, 0.15) is 0 Å². The first-order valence-corrected chi connectivity index (χ1v) is 14.3. The smallest absolute Gasteiger partial charge is 0.264 e. The third-order valence-electron chi connectivity index (χ3n) is 5.58. The molecular formula is C25H32N2O5S2. The summed E-state index contributed by atoms with van der Waals surface area (Å²) in [5, 5.41) is 1.30. The Hall–Kier alpha value is -2.33. The first-order chi connectivity index (χ1) is 16.1. The maximum atomic E-state index is 13.7. The molecule has 1 aromatic heterocycles. The minimum absolute atomic E-state index is 0.0452. The topological polar surface area (TPSA) is 93.6 Å². The Morgan fingerprint density at radius 2 is 1.71 bits per heavy atom. The van der Waals surface area contributed by atoms with Gasteiger partial charge in [0.05, 0.1) is 15.9 Å². The van der Waals surface area contributed by atoms with Gasteiger partial charge in [0, 0.05) is 36.3 Å². The van der Waals surface area contributed by atoms with E-state index in [1.165, 1.54) is 16.4 Å². The van der Waals surface area contributed by atoms with Gasteiger partial charge < -0.3 is 0 Å². The fourth-order valence-electron chi connectivity index (χ4n) is 3.78. The van der Waals surface area contributed by atoms with Crippen molar-refractivity contribution in [3.8, 4) is 0 Å². The molecule has 1 unspecified atom stereocenters. The molecule has 0 fully saturated rings. The number of aromatic nitrogens is 1. The van der Waals surface area contributed by atoms with E-state index >= 15 is 0 Å². The van der Waals surface area contributed by atoms with Gasteiger partial charge in [0.2, 0.25) is 10.0 Å². The van der Waals surface area contributed by atoms with Crippen LogP contribution < -0.4 is 0 Å². The molecule has 0 radical (unpaired) electrons. The van der Waals surface area contributed by atoms with E-state index in [4.69, 9.17) is 4.18 Å². The van der Waals surface area contributed by atoms with E-state index in [-0.39, 0.29) is 22.9 Å². The van der Waals surface area contributed by atoms with E-state index in [9.17, 15) is 16.8 Å². The molecule has 0 saturated carbocycles. The van der Waals surface area contributed by atoms with E-state index < -0.39 is 26.2 Å². The van der Waals surface area contributed by atoms with Crippen LogP contribution in [-0.2, 0) is 24.3 Å². The summed E-state index contributed by atoms with van der Waals surface area (Å²) in [5.74, 6) is 0. The van der Waals surface area contributed by atoms with Crippen LogP contribution >= 0.6 is 0 Å². The maximum absolute atomic E-state index is 13.7. The lowest BCUT2D eigenvalue weighted by Gasteiger charge is -2.26. The molecule has 0 N–H and O–H groups in total. The molecule has 0 spiro atoms. The van der Waals surface area contributed by atoms with Gasteiger partial charge in [-0.2, -0.15) is 12.7 Å². The quantitative estimate of drug-likeness (QED) is 0.257. The highest BCUT2D eigenvalue weighted by molar-refractivity contribution is 7.89. The van der Waals surface area contributed by atoms with Crippen molar-refractivity contribution in [1.29, 1.82) is 0 Å². The summed E-state index contributed by atoms with van der Waals surface area (Å²) in [6, 6.07) is 13.1. The molecule has 0 aliphatic rings. The molecule has 0 amide bonds. The highest BCUT2D eigenvalue weighted by atomic mass is 32.2. The van der Waals surface area contributed by atoms with E-state index in [1.54, 1.807) is 49.6 Å². The molecule has 2 aromatic carbocycles. The standard InChI is InChI=1S/C25H32N2O5S2/c1-4-5-6-7-17-27(19-21(3)32-34(30,31)23-13-11-20(2)12-14-23)33(28,29)25-10-8-9-22-18-26-16-15-24(22)25/h8-16,18,21H,4-7,17,19H2,1-3H3. The number of benzene rings is 2. The highest BCUT2D eigenvalue weighted by Gasteiger charge is 2.29. The van der Waals surface area contributed by atoms with Crippen LogP contribution in [-0.4, -0.2) is 45.3 Å². The predicted octanol–water partition coefficient (Wildman–Crippen LogP) is 4.91. The molecule has 34 heavy (non-hydrogen) atoms. The van der Waals surface area contributed by atoms with E-state index in [0.717, 1.165) is 30.2 Å².